The number of hydrogen-bond donors (Lipinski definition) is 1. The maximum absolute atomic E-state index is 12.7. The highest BCUT2D eigenvalue weighted by atomic mass is 16.6. The standard InChI is InChI=1S/C51H99NO7/c1-6-8-10-12-14-16-18-20-21-22-23-24-25-26-27-28-29-30-32-33-35-37-39-41-49(53)58-46-47(45-57-44-43-48(51(55)56)52(3,4)5)59-50(54)42-40-38-36-34-31-19-17-15-13-11-9-7-2/h47-48H,6-46H2,1-5H3/p+1. The first-order chi connectivity index (χ1) is 28.6. The van der Waals surface area contributed by atoms with Crippen LogP contribution in [0.15, 0.2) is 0 Å². The van der Waals surface area contributed by atoms with Gasteiger partial charge in [0.2, 0.25) is 0 Å². The molecule has 0 bridgehead atoms. The topological polar surface area (TPSA) is 99.1 Å². The number of rotatable bonds is 47. The molecule has 1 N–H and O–H groups in total. The van der Waals surface area contributed by atoms with Gasteiger partial charge in [0.05, 0.1) is 34.4 Å². The second-order valence-electron chi connectivity index (χ2n) is 18.8. The number of ether oxygens (including phenoxy) is 3. The van der Waals surface area contributed by atoms with Crippen LogP contribution in [0.5, 0.6) is 0 Å². The lowest BCUT2D eigenvalue weighted by Crippen LogP contribution is -2.50. The van der Waals surface area contributed by atoms with Crippen LogP contribution in [0.4, 0.5) is 0 Å². The van der Waals surface area contributed by atoms with E-state index >= 15 is 0 Å². The quantitative estimate of drug-likeness (QED) is 0.0370. The Morgan fingerprint density at radius 3 is 1.05 bits per heavy atom. The van der Waals surface area contributed by atoms with Crippen molar-refractivity contribution in [1.82, 2.24) is 0 Å². The Morgan fingerprint density at radius 1 is 0.441 bits per heavy atom. The van der Waals surface area contributed by atoms with Crippen LogP contribution in [-0.2, 0) is 28.6 Å². The third-order valence-corrected chi connectivity index (χ3v) is 12.0. The molecular formula is C51H100NO7+. The zero-order chi connectivity index (χ0) is 43.5. The third-order valence-electron chi connectivity index (χ3n) is 12.0. The average molecular weight is 839 g/mol. The van der Waals surface area contributed by atoms with Crippen molar-refractivity contribution in [3.63, 3.8) is 0 Å². The fourth-order valence-corrected chi connectivity index (χ4v) is 8.04. The predicted molar refractivity (Wildman–Crippen MR) is 248 cm³/mol. The molecule has 0 spiro atoms. The van der Waals surface area contributed by atoms with Gasteiger partial charge in [0.1, 0.15) is 6.61 Å². The molecular weight excluding hydrogens is 739 g/mol. The van der Waals surface area contributed by atoms with E-state index in [9.17, 15) is 19.5 Å². The van der Waals surface area contributed by atoms with Gasteiger partial charge in [-0.25, -0.2) is 4.79 Å². The van der Waals surface area contributed by atoms with Crippen LogP contribution in [-0.4, -0.2) is 80.6 Å². The van der Waals surface area contributed by atoms with Crippen LogP contribution in [0.1, 0.15) is 258 Å². The predicted octanol–water partition coefficient (Wildman–Crippen LogP) is 14.5. The van der Waals surface area contributed by atoms with Crippen LogP contribution in [0, 0.1) is 0 Å². The molecule has 0 radical (unpaired) electrons. The molecule has 8 heteroatoms. The van der Waals surface area contributed by atoms with Gasteiger partial charge in [-0.05, 0) is 12.8 Å². The molecule has 0 aromatic carbocycles. The van der Waals surface area contributed by atoms with Crippen LogP contribution < -0.4 is 0 Å². The summed E-state index contributed by atoms with van der Waals surface area (Å²) in [4.78, 5) is 37.1. The molecule has 0 rings (SSSR count). The van der Waals surface area contributed by atoms with Gasteiger partial charge in [0.25, 0.3) is 0 Å². The van der Waals surface area contributed by atoms with Gasteiger partial charge >= 0.3 is 17.9 Å². The Bertz CT molecular complexity index is 936. The van der Waals surface area contributed by atoms with Gasteiger partial charge in [-0.1, -0.05) is 226 Å². The zero-order valence-electron chi connectivity index (χ0n) is 40.0. The van der Waals surface area contributed by atoms with Crippen molar-refractivity contribution in [2.45, 2.75) is 270 Å². The smallest absolute Gasteiger partial charge is 0.362 e. The van der Waals surface area contributed by atoms with Crippen molar-refractivity contribution in [2.24, 2.45) is 0 Å². The summed E-state index contributed by atoms with van der Waals surface area (Å²) in [5.74, 6) is -1.44. The fourth-order valence-electron chi connectivity index (χ4n) is 8.04. The number of nitrogens with zero attached hydrogens (tertiary/aromatic N) is 1. The molecule has 59 heavy (non-hydrogen) atoms. The van der Waals surface area contributed by atoms with E-state index in [1.165, 1.54) is 186 Å². The van der Waals surface area contributed by atoms with Crippen LogP contribution in [0.25, 0.3) is 0 Å². The number of hydrogen-bond acceptors (Lipinski definition) is 6. The largest absolute Gasteiger partial charge is 0.477 e. The molecule has 0 aromatic rings. The number of aliphatic carboxylic acids is 1. The van der Waals surface area contributed by atoms with Crippen molar-refractivity contribution in [3.05, 3.63) is 0 Å². The van der Waals surface area contributed by atoms with Gasteiger partial charge in [-0.3, -0.25) is 9.59 Å². The van der Waals surface area contributed by atoms with E-state index < -0.39 is 18.1 Å². The molecule has 0 aliphatic rings. The first kappa shape index (κ1) is 57.3. The number of carboxylic acid groups (broad SMARTS) is 1. The van der Waals surface area contributed by atoms with Crippen LogP contribution in [0.3, 0.4) is 0 Å². The maximum Gasteiger partial charge on any atom is 0.362 e. The van der Waals surface area contributed by atoms with Crippen molar-refractivity contribution < 1.29 is 38.2 Å². The van der Waals surface area contributed by atoms with Crippen molar-refractivity contribution >= 4 is 17.9 Å². The van der Waals surface area contributed by atoms with Gasteiger partial charge in [0.15, 0.2) is 12.1 Å². The number of esters is 2. The molecule has 0 fully saturated rings. The molecule has 0 aliphatic carbocycles. The summed E-state index contributed by atoms with van der Waals surface area (Å²) in [6.45, 7) is 4.79. The van der Waals surface area contributed by atoms with E-state index in [1.807, 2.05) is 21.1 Å². The van der Waals surface area contributed by atoms with Gasteiger partial charge in [-0.15, -0.1) is 0 Å². The molecule has 2 atom stereocenters. The number of carboxylic acids is 1. The highest BCUT2D eigenvalue weighted by Crippen LogP contribution is 2.17. The van der Waals surface area contributed by atoms with Crippen molar-refractivity contribution in [3.8, 4) is 0 Å². The Morgan fingerprint density at radius 2 is 0.746 bits per heavy atom. The minimum atomic E-state index is -0.869. The SMILES string of the molecule is CCCCCCCCCCCCCCCCCCCCCCCCCC(=O)OCC(COCCC(C(=O)O)[N+](C)(C)C)OC(=O)CCCCCCCCCCCCCC. The molecule has 0 aliphatic heterocycles. The molecule has 350 valence electrons. The molecule has 0 heterocycles. The number of carbonyl (C=O) groups excluding carboxylic acids is 2. The minimum absolute atomic E-state index is 0.0416. The second kappa shape index (κ2) is 43.0. The third kappa shape index (κ3) is 41.5. The Hall–Kier alpha value is -1.67. The fraction of sp³-hybridized carbons (Fsp3) is 0.941. The first-order valence-corrected chi connectivity index (χ1v) is 25.6. The molecule has 0 saturated heterocycles. The average Bonchev–Trinajstić information content (AvgIpc) is 3.19. The Kier molecular flexibility index (Phi) is 41.8. The lowest BCUT2D eigenvalue weighted by atomic mass is 10.0. The highest BCUT2D eigenvalue weighted by Gasteiger charge is 2.31. The van der Waals surface area contributed by atoms with E-state index in [2.05, 4.69) is 13.8 Å². The van der Waals surface area contributed by atoms with E-state index in [0.717, 1.165) is 38.5 Å². The Balaban J connectivity index is 4.10. The van der Waals surface area contributed by atoms with Crippen LogP contribution in [0.2, 0.25) is 0 Å². The summed E-state index contributed by atoms with van der Waals surface area (Å²) in [5, 5.41) is 9.63. The molecule has 0 saturated carbocycles. The molecule has 0 aromatic heterocycles. The van der Waals surface area contributed by atoms with E-state index in [1.54, 1.807) is 0 Å². The summed E-state index contributed by atoms with van der Waals surface area (Å²) in [6, 6.07) is -0.608. The minimum Gasteiger partial charge on any atom is -0.477 e. The summed E-state index contributed by atoms with van der Waals surface area (Å²) in [6.07, 6.45) is 45.9. The lowest BCUT2D eigenvalue weighted by Gasteiger charge is -2.31. The molecule has 8 nitrogen and oxygen atoms in total. The van der Waals surface area contributed by atoms with Gasteiger partial charge < -0.3 is 23.8 Å². The van der Waals surface area contributed by atoms with E-state index in [4.69, 9.17) is 14.2 Å². The normalized spacial score (nSPS) is 12.8. The zero-order valence-corrected chi connectivity index (χ0v) is 40.0. The van der Waals surface area contributed by atoms with Crippen LogP contribution >= 0.6 is 0 Å². The molecule has 0 amide bonds. The van der Waals surface area contributed by atoms with Gasteiger partial charge in [0, 0.05) is 19.3 Å². The van der Waals surface area contributed by atoms with Crippen molar-refractivity contribution in [2.75, 3.05) is 41.0 Å². The molecule has 2 unspecified atom stereocenters. The summed E-state index contributed by atoms with van der Waals surface area (Å²) >= 11 is 0. The van der Waals surface area contributed by atoms with E-state index in [0.29, 0.717) is 19.3 Å². The summed E-state index contributed by atoms with van der Waals surface area (Å²) in [5.41, 5.74) is 0. The second-order valence-corrected chi connectivity index (χ2v) is 18.8. The first-order valence-electron chi connectivity index (χ1n) is 25.6. The van der Waals surface area contributed by atoms with Gasteiger partial charge in [-0.2, -0.15) is 0 Å². The Labute approximate surface area is 366 Å². The lowest BCUT2D eigenvalue weighted by molar-refractivity contribution is -0.887. The monoisotopic (exact) mass is 839 g/mol. The number of unbranched alkanes of at least 4 members (excludes halogenated alkanes) is 33. The number of carbonyl (C=O) groups is 3. The summed E-state index contributed by atoms with van der Waals surface area (Å²) < 4.78 is 17.3. The number of quaternary nitrogens is 1. The maximum atomic E-state index is 12.7. The highest BCUT2D eigenvalue weighted by molar-refractivity contribution is 5.72. The van der Waals surface area contributed by atoms with Crippen molar-refractivity contribution in [1.29, 1.82) is 0 Å². The number of likely N-dealkylation sites (N-methyl/N-ethyl adjacent to an activating group) is 1. The summed E-state index contributed by atoms with van der Waals surface area (Å²) in [7, 11) is 5.55. The van der Waals surface area contributed by atoms with E-state index in [-0.39, 0.29) is 36.2 Å².